The average molecular weight is 269 g/mol. The van der Waals surface area contributed by atoms with Crippen molar-refractivity contribution in [3.05, 3.63) is 0 Å². The van der Waals surface area contributed by atoms with E-state index < -0.39 is 12.0 Å². The highest BCUT2D eigenvalue weighted by atomic mass is 16.4. The van der Waals surface area contributed by atoms with Crippen LogP contribution in [-0.2, 0) is 9.59 Å². The number of nitrogens with one attached hydrogen (secondary N) is 1. The van der Waals surface area contributed by atoms with E-state index in [4.69, 9.17) is 5.11 Å². The highest BCUT2D eigenvalue weighted by molar-refractivity contribution is 5.90. The number of piperazine rings is 1. The number of carbonyl (C=O) groups is 3. The molecule has 1 unspecified atom stereocenters. The molecule has 2 aliphatic heterocycles. The Morgan fingerprint density at radius 3 is 2.37 bits per heavy atom. The van der Waals surface area contributed by atoms with Crippen LogP contribution in [-0.4, -0.2) is 65.0 Å². The molecule has 19 heavy (non-hydrogen) atoms. The molecule has 7 nitrogen and oxygen atoms in total. The molecular formula is C12H19N3O4. The topological polar surface area (TPSA) is 90.0 Å². The summed E-state index contributed by atoms with van der Waals surface area (Å²) in [5, 5.41) is 11.6. The maximum absolute atomic E-state index is 12.4. The van der Waals surface area contributed by atoms with Crippen LogP contribution in [0.3, 0.4) is 0 Å². The Morgan fingerprint density at radius 1 is 1.16 bits per heavy atom. The standard InChI is InChI=1S/C12H19N3O4/c16-10-8-15(9(7-13-10)11(17)18)12(19)14-5-3-1-2-4-6-14/h9H,1-8H2,(H,13,16)(H,17,18). The largest absolute Gasteiger partial charge is 0.480 e. The molecule has 7 heteroatoms. The lowest BCUT2D eigenvalue weighted by molar-refractivity contribution is -0.144. The summed E-state index contributed by atoms with van der Waals surface area (Å²) in [6, 6.07) is -1.29. The molecule has 0 saturated carbocycles. The average Bonchev–Trinajstić information content (AvgIpc) is 2.66. The minimum Gasteiger partial charge on any atom is -0.480 e. The van der Waals surface area contributed by atoms with E-state index in [0.717, 1.165) is 25.7 Å². The molecule has 2 N–H and O–H groups in total. The first-order valence-corrected chi connectivity index (χ1v) is 6.64. The van der Waals surface area contributed by atoms with Crippen LogP contribution in [0.1, 0.15) is 25.7 Å². The fourth-order valence-electron chi connectivity index (χ4n) is 2.51. The first kappa shape index (κ1) is 13.6. The van der Waals surface area contributed by atoms with Crippen molar-refractivity contribution in [2.45, 2.75) is 31.7 Å². The van der Waals surface area contributed by atoms with Crippen LogP contribution in [0.15, 0.2) is 0 Å². The fraction of sp³-hybridized carbons (Fsp3) is 0.750. The Hall–Kier alpha value is -1.79. The highest BCUT2D eigenvalue weighted by Crippen LogP contribution is 2.14. The number of urea groups is 1. The molecule has 0 radical (unpaired) electrons. The van der Waals surface area contributed by atoms with Gasteiger partial charge in [-0.2, -0.15) is 0 Å². The van der Waals surface area contributed by atoms with Gasteiger partial charge in [0.05, 0.1) is 0 Å². The van der Waals surface area contributed by atoms with Gasteiger partial charge in [-0.1, -0.05) is 12.8 Å². The van der Waals surface area contributed by atoms with Crippen molar-refractivity contribution in [1.29, 1.82) is 0 Å². The molecule has 2 heterocycles. The number of carboxylic acids is 1. The second-order valence-electron chi connectivity index (χ2n) is 4.97. The van der Waals surface area contributed by atoms with Crippen molar-refractivity contribution in [3.63, 3.8) is 0 Å². The molecule has 2 aliphatic rings. The summed E-state index contributed by atoms with van der Waals surface area (Å²) in [6.07, 6.45) is 4.05. The molecule has 0 aromatic carbocycles. The first-order valence-electron chi connectivity index (χ1n) is 6.64. The van der Waals surface area contributed by atoms with Gasteiger partial charge in [0.1, 0.15) is 12.6 Å². The number of rotatable bonds is 1. The zero-order chi connectivity index (χ0) is 13.8. The van der Waals surface area contributed by atoms with Gasteiger partial charge in [-0.15, -0.1) is 0 Å². The van der Waals surface area contributed by atoms with Gasteiger partial charge in [0.15, 0.2) is 0 Å². The summed E-state index contributed by atoms with van der Waals surface area (Å²) < 4.78 is 0. The molecule has 2 saturated heterocycles. The Morgan fingerprint density at radius 2 is 1.79 bits per heavy atom. The van der Waals surface area contributed by atoms with Crippen molar-refractivity contribution in [3.8, 4) is 0 Å². The Labute approximate surface area is 111 Å². The number of aliphatic carboxylic acids is 1. The lowest BCUT2D eigenvalue weighted by Gasteiger charge is -2.36. The normalized spacial score (nSPS) is 24.6. The summed E-state index contributed by atoms with van der Waals surface area (Å²) in [7, 11) is 0. The maximum atomic E-state index is 12.4. The second-order valence-corrected chi connectivity index (χ2v) is 4.97. The van der Waals surface area contributed by atoms with Crippen LogP contribution in [0.25, 0.3) is 0 Å². The number of likely N-dealkylation sites (tertiary alicyclic amines) is 1. The Balaban J connectivity index is 2.08. The third-order valence-electron chi connectivity index (χ3n) is 3.59. The van der Waals surface area contributed by atoms with Crippen LogP contribution in [0.5, 0.6) is 0 Å². The third kappa shape index (κ3) is 3.15. The lowest BCUT2D eigenvalue weighted by Crippen LogP contribution is -2.61. The zero-order valence-corrected chi connectivity index (χ0v) is 10.8. The third-order valence-corrected chi connectivity index (χ3v) is 3.59. The van der Waals surface area contributed by atoms with Crippen molar-refractivity contribution in [1.82, 2.24) is 15.1 Å². The van der Waals surface area contributed by atoms with E-state index in [-0.39, 0.29) is 25.0 Å². The summed E-state index contributed by atoms with van der Waals surface area (Å²) in [5.74, 6) is -1.39. The van der Waals surface area contributed by atoms with E-state index in [9.17, 15) is 14.4 Å². The summed E-state index contributed by atoms with van der Waals surface area (Å²) >= 11 is 0. The molecular weight excluding hydrogens is 250 g/mol. The second kappa shape index (κ2) is 5.90. The van der Waals surface area contributed by atoms with E-state index in [0.29, 0.717) is 13.1 Å². The monoisotopic (exact) mass is 269 g/mol. The lowest BCUT2D eigenvalue weighted by atomic mass is 10.2. The minimum absolute atomic E-state index is 0.0201. The van der Waals surface area contributed by atoms with Gasteiger partial charge < -0.3 is 15.3 Å². The van der Waals surface area contributed by atoms with Gasteiger partial charge in [0.25, 0.3) is 0 Å². The molecule has 0 aliphatic carbocycles. The molecule has 2 rings (SSSR count). The molecule has 0 spiro atoms. The van der Waals surface area contributed by atoms with Gasteiger partial charge in [-0.25, -0.2) is 9.59 Å². The SMILES string of the molecule is O=C1CN(C(=O)N2CCCCCC2)C(C(=O)O)CN1. The first-order chi connectivity index (χ1) is 9.09. The number of nitrogens with zero attached hydrogens (tertiary/aromatic N) is 2. The predicted octanol–water partition coefficient (Wildman–Crippen LogP) is -0.133. The van der Waals surface area contributed by atoms with Crippen LogP contribution in [0.2, 0.25) is 0 Å². The van der Waals surface area contributed by atoms with Crippen LogP contribution in [0, 0.1) is 0 Å². The van der Waals surface area contributed by atoms with E-state index in [1.165, 1.54) is 4.90 Å². The summed E-state index contributed by atoms with van der Waals surface area (Å²) in [4.78, 5) is 37.8. The molecule has 1 atom stereocenters. The molecule has 2 fully saturated rings. The minimum atomic E-state index is -1.08. The summed E-state index contributed by atoms with van der Waals surface area (Å²) in [5.41, 5.74) is 0. The quantitative estimate of drug-likeness (QED) is 0.693. The zero-order valence-electron chi connectivity index (χ0n) is 10.8. The van der Waals surface area contributed by atoms with Crippen molar-refractivity contribution in [2.75, 3.05) is 26.2 Å². The van der Waals surface area contributed by atoms with E-state index >= 15 is 0 Å². The number of carbonyl (C=O) groups excluding carboxylic acids is 2. The smallest absolute Gasteiger partial charge is 0.328 e. The van der Waals surface area contributed by atoms with Gasteiger partial charge in [-0.05, 0) is 12.8 Å². The van der Waals surface area contributed by atoms with Gasteiger partial charge >= 0.3 is 12.0 Å². The Kier molecular flexibility index (Phi) is 4.24. The highest BCUT2D eigenvalue weighted by Gasteiger charge is 2.37. The van der Waals surface area contributed by atoms with Crippen LogP contribution in [0.4, 0.5) is 4.79 Å². The molecule has 0 bridgehead atoms. The van der Waals surface area contributed by atoms with Crippen molar-refractivity contribution in [2.24, 2.45) is 0 Å². The Bertz CT molecular complexity index is 377. The molecule has 106 valence electrons. The number of carboxylic acid groups (broad SMARTS) is 1. The van der Waals surface area contributed by atoms with Crippen molar-refractivity contribution < 1.29 is 19.5 Å². The summed E-state index contributed by atoms with van der Waals surface area (Å²) in [6.45, 7) is 1.09. The fourth-order valence-corrected chi connectivity index (χ4v) is 2.51. The van der Waals surface area contributed by atoms with Crippen molar-refractivity contribution >= 4 is 17.9 Å². The number of hydrogen-bond donors (Lipinski definition) is 2. The van der Waals surface area contributed by atoms with Gasteiger partial charge in [0, 0.05) is 19.6 Å². The van der Waals surface area contributed by atoms with Gasteiger partial charge in [0.2, 0.25) is 5.91 Å². The molecule has 0 aromatic rings. The van der Waals surface area contributed by atoms with Crippen LogP contribution >= 0.6 is 0 Å². The number of amides is 3. The molecule has 0 aromatic heterocycles. The van der Waals surface area contributed by atoms with Crippen LogP contribution < -0.4 is 5.32 Å². The number of hydrogen-bond acceptors (Lipinski definition) is 3. The van der Waals surface area contributed by atoms with E-state index in [1.54, 1.807) is 4.90 Å². The van der Waals surface area contributed by atoms with Gasteiger partial charge in [-0.3, -0.25) is 9.69 Å². The predicted molar refractivity (Wildman–Crippen MR) is 66.6 cm³/mol. The molecule has 3 amide bonds. The maximum Gasteiger partial charge on any atom is 0.328 e. The van der Waals surface area contributed by atoms with E-state index in [2.05, 4.69) is 5.32 Å². The van der Waals surface area contributed by atoms with E-state index in [1.807, 2.05) is 0 Å².